The lowest BCUT2D eigenvalue weighted by Gasteiger charge is -2.26. The largest absolute Gasteiger partial charge is 0.293 e. The van der Waals surface area contributed by atoms with Gasteiger partial charge in [0.25, 0.3) is 0 Å². The van der Waals surface area contributed by atoms with Crippen molar-refractivity contribution in [1.82, 2.24) is 0 Å². The number of benzene rings is 2. The topological polar surface area (TPSA) is 17.1 Å². The van der Waals surface area contributed by atoms with Gasteiger partial charge in [0.2, 0.25) is 0 Å². The minimum atomic E-state index is -0.515. The zero-order valence-corrected chi connectivity index (χ0v) is 13.9. The molecule has 0 aliphatic heterocycles. The molecule has 2 aromatic rings. The number of rotatable bonds is 3. The zero-order chi connectivity index (χ0) is 15.8. The maximum Gasteiger partial charge on any atom is 0.173 e. The average molecular weight is 280 g/mol. The van der Waals surface area contributed by atoms with Gasteiger partial charge in [-0.1, -0.05) is 47.5 Å². The number of hydrogen-bond donors (Lipinski definition) is 0. The molecule has 0 unspecified atom stereocenters. The van der Waals surface area contributed by atoms with Gasteiger partial charge in [0.15, 0.2) is 5.78 Å². The summed E-state index contributed by atoms with van der Waals surface area (Å²) in [4.78, 5) is 13.1. The van der Waals surface area contributed by atoms with Crippen molar-refractivity contribution in [1.29, 1.82) is 0 Å². The Labute approximate surface area is 128 Å². The molecule has 0 bridgehead atoms. The van der Waals surface area contributed by atoms with Gasteiger partial charge in [-0.05, 0) is 58.2 Å². The first-order valence-corrected chi connectivity index (χ1v) is 7.43. The molecule has 0 fully saturated rings. The highest BCUT2D eigenvalue weighted by Gasteiger charge is 2.32. The smallest absolute Gasteiger partial charge is 0.173 e. The van der Waals surface area contributed by atoms with E-state index in [0.717, 1.165) is 22.3 Å². The van der Waals surface area contributed by atoms with Crippen LogP contribution in [0.25, 0.3) is 0 Å². The lowest BCUT2D eigenvalue weighted by atomic mass is 9.76. The van der Waals surface area contributed by atoms with E-state index in [1.807, 2.05) is 27.7 Å². The van der Waals surface area contributed by atoms with Gasteiger partial charge in [-0.2, -0.15) is 0 Å². The second kappa shape index (κ2) is 5.48. The summed E-state index contributed by atoms with van der Waals surface area (Å²) < 4.78 is 0. The summed E-state index contributed by atoms with van der Waals surface area (Å²) in [5.74, 6) is 0.196. The Hall–Kier alpha value is -1.89. The van der Waals surface area contributed by atoms with Crippen molar-refractivity contribution in [3.63, 3.8) is 0 Å². The summed E-state index contributed by atoms with van der Waals surface area (Å²) in [6, 6.07) is 12.4. The van der Waals surface area contributed by atoms with Crippen molar-refractivity contribution in [3.05, 3.63) is 69.8 Å². The van der Waals surface area contributed by atoms with E-state index in [9.17, 15) is 4.79 Å². The summed E-state index contributed by atoms with van der Waals surface area (Å²) >= 11 is 0. The van der Waals surface area contributed by atoms with Crippen molar-refractivity contribution < 1.29 is 4.79 Å². The van der Waals surface area contributed by atoms with Gasteiger partial charge in [-0.3, -0.25) is 4.79 Å². The molecule has 0 amide bonds. The fraction of sp³-hybridized carbons (Fsp3) is 0.350. The molecule has 0 aromatic heterocycles. The molecule has 1 nitrogen and oxygen atoms in total. The zero-order valence-electron chi connectivity index (χ0n) is 13.9. The highest BCUT2D eigenvalue weighted by atomic mass is 16.1. The third kappa shape index (κ3) is 2.92. The number of aryl methyl sites for hydroxylation is 4. The monoisotopic (exact) mass is 280 g/mol. The highest BCUT2D eigenvalue weighted by molar-refractivity contribution is 6.05. The van der Waals surface area contributed by atoms with E-state index >= 15 is 0 Å². The minimum Gasteiger partial charge on any atom is -0.293 e. The van der Waals surface area contributed by atoms with E-state index in [1.54, 1.807) is 0 Å². The van der Waals surface area contributed by atoms with Crippen LogP contribution in [0.2, 0.25) is 0 Å². The molecule has 0 N–H and O–H groups in total. The third-order valence-electron chi connectivity index (χ3n) is 4.25. The standard InChI is InChI=1S/C20H24O/c1-13-7-9-17(10-8-13)20(5,6)19(21)18-15(3)11-14(2)12-16(18)4/h7-12H,1-6H3. The number of hydrogen-bond acceptors (Lipinski definition) is 1. The van der Waals surface area contributed by atoms with Gasteiger partial charge < -0.3 is 0 Å². The summed E-state index contributed by atoms with van der Waals surface area (Å²) in [5, 5.41) is 0. The van der Waals surface area contributed by atoms with Crippen LogP contribution in [-0.2, 0) is 5.41 Å². The Morgan fingerprint density at radius 3 is 1.76 bits per heavy atom. The number of carbonyl (C=O) groups is 1. The molecule has 0 heterocycles. The summed E-state index contributed by atoms with van der Waals surface area (Å²) in [6.07, 6.45) is 0. The first-order chi connectivity index (χ1) is 9.73. The van der Waals surface area contributed by atoms with E-state index in [1.165, 1.54) is 11.1 Å². The molecule has 0 aliphatic carbocycles. The molecule has 1 heteroatoms. The van der Waals surface area contributed by atoms with Crippen molar-refractivity contribution in [2.24, 2.45) is 0 Å². The number of carbonyl (C=O) groups excluding carboxylic acids is 1. The van der Waals surface area contributed by atoms with E-state index in [2.05, 4.69) is 50.2 Å². The predicted molar refractivity (Wildman–Crippen MR) is 89.2 cm³/mol. The van der Waals surface area contributed by atoms with Gasteiger partial charge in [0.1, 0.15) is 0 Å². The summed E-state index contributed by atoms with van der Waals surface area (Å²) in [6.45, 7) is 12.2. The first kappa shape index (κ1) is 15.5. The Morgan fingerprint density at radius 2 is 1.29 bits per heavy atom. The number of Topliss-reactive ketones (excluding diaryl/α,β-unsaturated/α-hetero) is 1. The lowest BCUT2D eigenvalue weighted by Crippen LogP contribution is -2.30. The van der Waals surface area contributed by atoms with Gasteiger partial charge >= 0.3 is 0 Å². The van der Waals surface area contributed by atoms with E-state index in [4.69, 9.17) is 0 Å². The molecule has 0 spiro atoms. The van der Waals surface area contributed by atoms with Crippen molar-refractivity contribution >= 4 is 5.78 Å². The molecule has 0 saturated heterocycles. The maximum atomic E-state index is 13.1. The molecule has 2 rings (SSSR count). The second-order valence-corrected chi connectivity index (χ2v) is 6.59. The Balaban J connectivity index is 2.50. The summed E-state index contributed by atoms with van der Waals surface area (Å²) in [7, 11) is 0. The average Bonchev–Trinajstić information content (AvgIpc) is 2.37. The Kier molecular flexibility index (Phi) is 4.04. The number of ketones is 1. The molecule has 0 saturated carbocycles. The van der Waals surface area contributed by atoms with Gasteiger partial charge in [-0.25, -0.2) is 0 Å². The van der Waals surface area contributed by atoms with E-state index < -0.39 is 5.41 Å². The second-order valence-electron chi connectivity index (χ2n) is 6.59. The van der Waals surface area contributed by atoms with Crippen LogP contribution in [-0.4, -0.2) is 5.78 Å². The van der Waals surface area contributed by atoms with Gasteiger partial charge in [-0.15, -0.1) is 0 Å². The lowest BCUT2D eigenvalue weighted by molar-refractivity contribution is 0.0907. The van der Waals surface area contributed by atoms with Crippen LogP contribution < -0.4 is 0 Å². The van der Waals surface area contributed by atoms with Crippen LogP contribution in [0.3, 0.4) is 0 Å². The molecule has 110 valence electrons. The first-order valence-electron chi connectivity index (χ1n) is 7.43. The minimum absolute atomic E-state index is 0.196. The van der Waals surface area contributed by atoms with Gasteiger partial charge in [0.05, 0.1) is 5.41 Å². The van der Waals surface area contributed by atoms with Gasteiger partial charge in [0, 0.05) is 5.56 Å². The van der Waals surface area contributed by atoms with Crippen LogP contribution in [0, 0.1) is 27.7 Å². The molecule has 0 aliphatic rings. The SMILES string of the molecule is Cc1ccc(C(C)(C)C(=O)c2c(C)cc(C)cc2C)cc1. The van der Waals surface area contributed by atoms with Crippen LogP contribution in [0.5, 0.6) is 0 Å². The Bertz CT molecular complexity index is 652. The molecular formula is C20H24O. The Morgan fingerprint density at radius 1 is 0.810 bits per heavy atom. The molecule has 0 radical (unpaired) electrons. The van der Waals surface area contributed by atoms with Crippen molar-refractivity contribution in [2.75, 3.05) is 0 Å². The quantitative estimate of drug-likeness (QED) is 0.716. The van der Waals surface area contributed by atoms with E-state index in [-0.39, 0.29) is 5.78 Å². The van der Waals surface area contributed by atoms with Crippen LogP contribution in [0.15, 0.2) is 36.4 Å². The molecule has 2 aromatic carbocycles. The fourth-order valence-corrected chi connectivity index (χ4v) is 2.95. The highest BCUT2D eigenvalue weighted by Crippen LogP contribution is 2.31. The fourth-order valence-electron chi connectivity index (χ4n) is 2.95. The van der Waals surface area contributed by atoms with Crippen LogP contribution in [0.4, 0.5) is 0 Å². The molecule has 21 heavy (non-hydrogen) atoms. The van der Waals surface area contributed by atoms with Crippen LogP contribution >= 0.6 is 0 Å². The third-order valence-corrected chi connectivity index (χ3v) is 4.25. The molecule has 0 atom stereocenters. The van der Waals surface area contributed by atoms with E-state index in [0.29, 0.717) is 0 Å². The predicted octanol–water partition coefficient (Wildman–Crippen LogP) is 5.08. The van der Waals surface area contributed by atoms with Crippen molar-refractivity contribution in [2.45, 2.75) is 47.0 Å². The maximum absolute atomic E-state index is 13.1. The molecular weight excluding hydrogens is 256 g/mol. The van der Waals surface area contributed by atoms with Crippen molar-refractivity contribution in [3.8, 4) is 0 Å². The normalized spacial score (nSPS) is 11.5. The van der Waals surface area contributed by atoms with Crippen LogP contribution in [0.1, 0.15) is 52.0 Å². The summed E-state index contributed by atoms with van der Waals surface area (Å²) in [5.41, 5.74) is 5.97.